The van der Waals surface area contributed by atoms with Crippen LogP contribution < -0.4 is 10.6 Å². The van der Waals surface area contributed by atoms with E-state index in [-0.39, 0.29) is 17.7 Å². The normalized spacial score (nSPS) is 30.9. The van der Waals surface area contributed by atoms with Crippen LogP contribution in [0, 0.1) is 11.8 Å². The molecule has 5 nitrogen and oxygen atoms in total. The molecule has 0 unspecified atom stereocenters. The molecule has 2 atom stereocenters. The third-order valence-corrected chi connectivity index (χ3v) is 4.33. The second-order valence-electron chi connectivity index (χ2n) is 5.68. The second kappa shape index (κ2) is 5.26. The fourth-order valence-corrected chi connectivity index (χ4v) is 3.04. The number of carbonyl (C=O) groups is 2. The molecule has 102 valence electrons. The molecule has 1 amide bonds. The fraction of sp³-hybridized carbons (Fsp3) is 0.846. The topological polar surface area (TPSA) is 78.4 Å². The zero-order chi connectivity index (χ0) is 13.2. The van der Waals surface area contributed by atoms with Gasteiger partial charge in [-0.05, 0) is 25.3 Å². The van der Waals surface area contributed by atoms with Gasteiger partial charge in [0.05, 0.1) is 5.92 Å². The monoisotopic (exact) mass is 254 g/mol. The van der Waals surface area contributed by atoms with Gasteiger partial charge >= 0.3 is 5.97 Å². The average molecular weight is 254 g/mol. The molecule has 3 N–H and O–H groups in total. The van der Waals surface area contributed by atoms with Crippen LogP contribution in [-0.2, 0) is 9.59 Å². The molecule has 0 aromatic carbocycles. The summed E-state index contributed by atoms with van der Waals surface area (Å²) in [5.74, 6) is -0.798. The van der Waals surface area contributed by atoms with Gasteiger partial charge in [-0.2, -0.15) is 0 Å². The van der Waals surface area contributed by atoms with Gasteiger partial charge in [0.1, 0.15) is 5.54 Å². The maximum atomic E-state index is 12.2. The van der Waals surface area contributed by atoms with Gasteiger partial charge in [-0.25, -0.2) is 4.79 Å². The minimum Gasteiger partial charge on any atom is -0.480 e. The lowest BCUT2D eigenvalue weighted by atomic mass is 9.81. The van der Waals surface area contributed by atoms with E-state index in [4.69, 9.17) is 0 Å². The van der Waals surface area contributed by atoms with Crippen LogP contribution in [-0.4, -0.2) is 35.6 Å². The summed E-state index contributed by atoms with van der Waals surface area (Å²) in [6, 6.07) is 0. The van der Waals surface area contributed by atoms with E-state index < -0.39 is 11.5 Å². The number of hydrogen-bond acceptors (Lipinski definition) is 3. The molecule has 1 aliphatic carbocycles. The first-order valence-electron chi connectivity index (χ1n) is 6.81. The lowest BCUT2D eigenvalue weighted by molar-refractivity contribution is -0.150. The van der Waals surface area contributed by atoms with E-state index in [1.54, 1.807) is 0 Å². The molecule has 2 fully saturated rings. The van der Waals surface area contributed by atoms with Gasteiger partial charge in [-0.3, -0.25) is 4.79 Å². The van der Waals surface area contributed by atoms with Crippen LogP contribution in [0.5, 0.6) is 0 Å². The van der Waals surface area contributed by atoms with Crippen molar-refractivity contribution in [2.45, 2.75) is 44.6 Å². The Balaban J connectivity index is 2.04. The number of carbonyl (C=O) groups excluding carboxylic acids is 1. The number of aliphatic carboxylic acids is 1. The number of nitrogens with one attached hydrogen (secondary N) is 2. The first-order valence-corrected chi connectivity index (χ1v) is 6.81. The van der Waals surface area contributed by atoms with Gasteiger partial charge < -0.3 is 15.7 Å². The summed E-state index contributed by atoms with van der Waals surface area (Å²) in [7, 11) is 0. The summed E-state index contributed by atoms with van der Waals surface area (Å²) < 4.78 is 0. The first kappa shape index (κ1) is 13.3. The Kier molecular flexibility index (Phi) is 3.90. The van der Waals surface area contributed by atoms with E-state index in [0.717, 1.165) is 25.8 Å². The van der Waals surface area contributed by atoms with Crippen molar-refractivity contribution in [2.24, 2.45) is 11.8 Å². The van der Waals surface area contributed by atoms with E-state index in [9.17, 15) is 14.7 Å². The van der Waals surface area contributed by atoms with Crippen LogP contribution in [0.2, 0.25) is 0 Å². The smallest absolute Gasteiger partial charge is 0.329 e. The molecule has 0 bridgehead atoms. The lowest BCUT2D eigenvalue weighted by Crippen LogP contribution is -2.57. The molecular formula is C13H22N2O3. The fourth-order valence-electron chi connectivity index (χ4n) is 3.04. The maximum Gasteiger partial charge on any atom is 0.329 e. The lowest BCUT2D eigenvalue weighted by Gasteiger charge is -2.35. The molecule has 2 rings (SSSR count). The number of carboxylic acids is 1. The number of amides is 1. The van der Waals surface area contributed by atoms with Crippen molar-refractivity contribution < 1.29 is 14.7 Å². The molecule has 0 radical (unpaired) electrons. The van der Waals surface area contributed by atoms with Crippen molar-refractivity contribution in [3.63, 3.8) is 0 Å². The van der Waals surface area contributed by atoms with Crippen LogP contribution in [0.25, 0.3) is 0 Å². The van der Waals surface area contributed by atoms with Crippen molar-refractivity contribution in [3.05, 3.63) is 0 Å². The Bertz CT molecular complexity index is 337. The zero-order valence-electron chi connectivity index (χ0n) is 10.9. The van der Waals surface area contributed by atoms with E-state index >= 15 is 0 Å². The first-order chi connectivity index (χ1) is 8.55. The summed E-state index contributed by atoms with van der Waals surface area (Å²) in [4.78, 5) is 23.7. The minimum absolute atomic E-state index is 0.0943. The van der Waals surface area contributed by atoms with Crippen molar-refractivity contribution >= 4 is 11.9 Å². The highest BCUT2D eigenvalue weighted by atomic mass is 16.4. The summed E-state index contributed by atoms with van der Waals surface area (Å²) >= 11 is 0. The molecule has 0 aromatic heterocycles. The zero-order valence-corrected chi connectivity index (χ0v) is 10.9. The highest BCUT2D eigenvalue weighted by Gasteiger charge is 2.43. The largest absolute Gasteiger partial charge is 0.480 e. The molecule has 1 saturated heterocycles. The number of rotatable bonds is 3. The van der Waals surface area contributed by atoms with Crippen LogP contribution in [0.3, 0.4) is 0 Å². The summed E-state index contributed by atoms with van der Waals surface area (Å²) in [5, 5.41) is 15.4. The molecule has 18 heavy (non-hydrogen) atoms. The van der Waals surface area contributed by atoms with E-state index in [1.165, 1.54) is 0 Å². The van der Waals surface area contributed by atoms with Gasteiger partial charge in [0, 0.05) is 6.54 Å². The Morgan fingerprint density at radius 1 is 1.22 bits per heavy atom. The Hall–Kier alpha value is -1.10. The minimum atomic E-state index is -1.02. The van der Waals surface area contributed by atoms with Crippen molar-refractivity contribution in [3.8, 4) is 0 Å². The highest BCUT2D eigenvalue weighted by molar-refractivity contribution is 5.88. The van der Waals surface area contributed by atoms with Crippen LogP contribution in [0.15, 0.2) is 0 Å². The number of carboxylic acid groups (broad SMARTS) is 1. The van der Waals surface area contributed by atoms with Gasteiger partial charge in [0.2, 0.25) is 5.91 Å². The van der Waals surface area contributed by atoms with Gasteiger partial charge in [-0.15, -0.1) is 0 Å². The summed E-state index contributed by atoms with van der Waals surface area (Å²) in [5.41, 5.74) is -1.02. The molecule has 1 saturated carbocycles. The molecule has 0 aromatic rings. The van der Waals surface area contributed by atoms with Gasteiger partial charge in [-0.1, -0.05) is 26.2 Å². The molecular weight excluding hydrogens is 232 g/mol. The Morgan fingerprint density at radius 3 is 2.39 bits per heavy atom. The summed E-state index contributed by atoms with van der Waals surface area (Å²) in [6.45, 7) is 3.51. The van der Waals surface area contributed by atoms with E-state index in [1.807, 2.05) is 6.92 Å². The van der Waals surface area contributed by atoms with Gasteiger partial charge in [0.15, 0.2) is 0 Å². The highest BCUT2D eigenvalue weighted by Crippen LogP contribution is 2.29. The third-order valence-electron chi connectivity index (χ3n) is 4.33. The predicted octanol–water partition coefficient (Wildman–Crippen LogP) is 0.746. The molecule has 1 heterocycles. The average Bonchev–Trinajstić information content (AvgIpc) is 2.76. The van der Waals surface area contributed by atoms with Crippen LogP contribution >= 0.6 is 0 Å². The van der Waals surface area contributed by atoms with Gasteiger partial charge in [0.25, 0.3) is 0 Å². The quantitative estimate of drug-likeness (QED) is 0.694. The maximum absolute atomic E-state index is 12.2. The third kappa shape index (κ3) is 2.51. The molecule has 5 heteroatoms. The Labute approximate surface area is 107 Å². The van der Waals surface area contributed by atoms with Crippen molar-refractivity contribution in [1.29, 1.82) is 0 Å². The summed E-state index contributed by atoms with van der Waals surface area (Å²) in [6.07, 6.45) is 3.94. The Morgan fingerprint density at radius 2 is 1.89 bits per heavy atom. The molecule has 1 aliphatic heterocycles. The standard InChI is InChI=1S/C13H22N2O3/c1-9-7-14-8-10(9)11(16)15-13(12(17)18)5-3-2-4-6-13/h9-10,14H,2-8H2,1H3,(H,15,16)(H,17,18)/t9-,10-/m1/s1. The molecule has 0 spiro atoms. The second-order valence-corrected chi connectivity index (χ2v) is 5.68. The van der Waals surface area contributed by atoms with Crippen molar-refractivity contribution in [2.75, 3.05) is 13.1 Å². The SMILES string of the molecule is C[C@@H]1CNC[C@H]1C(=O)NC1(C(=O)O)CCCCC1. The van der Waals surface area contributed by atoms with E-state index in [0.29, 0.717) is 19.4 Å². The predicted molar refractivity (Wildman–Crippen MR) is 67.1 cm³/mol. The van der Waals surface area contributed by atoms with E-state index in [2.05, 4.69) is 10.6 Å². The molecule has 2 aliphatic rings. The number of hydrogen-bond donors (Lipinski definition) is 3. The van der Waals surface area contributed by atoms with Crippen LogP contribution in [0.1, 0.15) is 39.0 Å². The van der Waals surface area contributed by atoms with Crippen LogP contribution in [0.4, 0.5) is 0 Å². The van der Waals surface area contributed by atoms with Crippen molar-refractivity contribution in [1.82, 2.24) is 10.6 Å².